The molecule has 0 heterocycles. The molecule has 0 atom stereocenters. The van der Waals surface area contributed by atoms with E-state index in [1.807, 2.05) is 45.2 Å². The Kier molecular flexibility index (Phi) is 5.04. The molecule has 2 rings (SSSR count). The van der Waals surface area contributed by atoms with Crippen LogP contribution in [-0.4, -0.2) is 22.2 Å². The Hall–Kier alpha value is -1.36. The lowest BCUT2D eigenvalue weighted by atomic mass is 10.1. The molecule has 0 spiro atoms. The molecule has 0 fully saturated rings. The topological polar surface area (TPSA) is 83.8 Å². The number of aromatic hydroxyl groups is 1. The number of carbonyl (C=O) groups is 2. The molecule has 5 nitrogen and oxygen atoms in total. The normalized spacial score (nSPS) is 10.2. The van der Waals surface area contributed by atoms with Gasteiger partial charge < -0.3 is 14.9 Å². The monoisotopic (exact) mass is 510 g/mol. The van der Waals surface area contributed by atoms with Crippen molar-refractivity contribution in [2.24, 2.45) is 0 Å². The second kappa shape index (κ2) is 6.60. The van der Waals surface area contributed by atoms with E-state index in [1.54, 1.807) is 6.07 Å². The minimum Gasteiger partial charge on any atom is -0.507 e. The maximum atomic E-state index is 12.1. The van der Waals surface area contributed by atoms with Crippen molar-refractivity contribution in [1.82, 2.24) is 0 Å². The van der Waals surface area contributed by atoms with Gasteiger partial charge in [0.1, 0.15) is 11.5 Å². The maximum absolute atomic E-state index is 12.1. The minimum absolute atomic E-state index is 0.0242. The summed E-state index contributed by atoms with van der Waals surface area (Å²) in [5.41, 5.74) is -0.144. The Morgan fingerprint density at radius 3 is 2.24 bits per heavy atom. The molecule has 0 aliphatic rings. The van der Waals surface area contributed by atoms with Gasteiger partial charge >= 0.3 is 11.9 Å². The van der Waals surface area contributed by atoms with Crippen LogP contribution in [0.15, 0.2) is 36.4 Å². The first-order valence-corrected chi connectivity index (χ1v) is 7.78. The van der Waals surface area contributed by atoms with Gasteiger partial charge in [0.2, 0.25) is 0 Å². The lowest BCUT2D eigenvalue weighted by Gasteiger charge is -2.09. The van der Waals surface area contributed by atoms with Crippen molar-refractivity contribution in [2.45, 2.75) is 0 Å². The van der Waals surface area contributed by atoms with Gasteiger partial charge in [0.25, 0.3) is 0 Å². The smallest absolute Gasteiger partial charge is 0.344 e. The Bertz CT molecular complexity index is 727. The van der Waals surface area contributed by atoms with Crippen molar-refractivity contribution in [3.8, 4) is 11.5 Å². The fraction of sp³-hybridized carbons (Fsp3) is 0. The molecule has 2 aromatic rings. The van der Waals surface area contributed by atoms with E-state index in [2.05, 4.69) is 0 Å². The van der Waals surface area contributed by atoms with Gasteiger partial charge in [-0.15, -0.1) is 0 Å². The summed E-state index contributed by atoms with van der Waals surface area (Å²) in [6, 6.07) is 8.81. The third-order valence-electron chi connectivity index (χ3n) is 2.58. The number of hydrogen-bond donors (Lipinski definition) is 2. The number of carboxylic acids is 1. The molecule has 0 aromatic heterocycles. The van der Waals surface area contributed by atoms with Gasteiger partial charge in [-0.1, -0.05) is 12.1 Å². The van der Waals surface area contributed by atoms with E-state index in [1.165, 1.54) is 30.3 Å². The van der Waals surface area contributed by atoms with E-state index in [0.717, 1.165) is 0 Å². The summed E-state index contributed by atoms with van der Waals surface area (Å²) in [6.45, 7) is 0. The largest absolute Gasteiger partial charge is 0.507 e. The number of halogens is 2. The summed E-state index contributed by atoms with van der Waals surface area (Å²) in [5, 5.41) is 18.6. The van der Waals surface area contributed by atoms with Gasteiger partial charge in [0.15, 0.2) is 0 Å². The first-order chi connectivity index (χ1) is 9.90. The molecule has 108 valence electrons. The van der Waals surface area contributed by atoms with Gasteiger partial charge in [-0.2, -0.15) is 0 Å². The zero-order valence-electron chi connectivity index (χ0n) is 10.3. The second-order valence-corrected chi connectivity index (χ2v) is 6.30. The Morgan fingerprint density at radius 1 is 1.00 bits per heavy atom. The predicted molar refractivity (Wildman–Crippen MR) is 91.9 cm³/mol. The van der Waals surface area contributed by atoms with Gasteiger partial charge in [0, 0.05) is 0 Å². The molecule has 0 saturated carbocycles. The van der Waals surface area contributed by atoms with E-state index in [4.69, 9.17) is 9.84 Å². The molecule has 0 unspecified atom stereocenters. The number of phenols is 1. The lowest BCUT2D eigenvalue weighted by Crippen LogP contribution is -2.14. The molecule has 7 heteroatoms. The van der Waals surface area contributed by atoms with Crippen LogP contribution < -0.4 is 4.74 Å². The zero-order chi connectivity index (χ0) is 15.6. The first kappa shape index (κ1) is 16.0. The van der Waals surface area contributed by atoms with E-state index in [9.17, 15) is 14.7 Å². The molecule has 0 bridgehead atoms. The van der Waals surface area contributed by atoms with Crippen LogP contribution in [0.5, 0.6) is 11.5 Å². The van der Waals surface area contributed by atoms with Crippen LogP contribution >= 0.6 is 45.2 Å². The summed E-state index contributed by atoms with van der Waals surface area (Å²) in [4.78, 5) is 23.2. The van der Waals surface area contributed by atoms with Crippen molar-refractivity contribution in [3.05, 3.63) is 54.7 Å². The standard InChI is InChI=1S/C14H8I2O5/c15-9-6-12(10(16)5-11(9)17)21-14(20)8-4-2-1-3-7(8)13(18)19/h1-6,17H,(H,18,19). The van der Waals surface area contributed by atoms with E-state index >= 15 is 0 Å². The number of aromatic carboxylic acids is 1. The average Bonchev–Trinajstić information content (AvgIpc) is 2.44. The van der Waals surface area contributed by atoms with Crippen LogP contribution in [0.25, 0.3) is 0 Å². The Labute approximate surface area is 147 Å². The lowest BCUT2D eigenvalue weighted by molar-refractivity contribution is 0.0667. The van der Waals surface area contributed by atoms with E-state index < -0.39 is 11.9 Å². The molecular weight excluding hydrogens is 502 g/mol. The van der Waals surface area contributed by atoms with Crippen LogP contribution in [0.4, 0.5) is 0 Å². The Balaban J connectivity index is 2.35. The molecule has 21 heavy (non-hydrogen) atoms. The molecule has 2 aromatic carbocycles. The van der Waals surface area contributed by atoms with Crippen molar-refractivity contribution < 1.29 is 24.5 Å². The Morgan fingerprint density at radius 2 is 1.62 bits per heavy atom. The molecule has 0 saturated heterocycles. The third kappa shape index (κ3) is 3.64. The molecule has 2 N–H and O–H groups in total. The molecule has 0 amide bonds. The summed E-state index contributed by atoms with van der Waals surface area (Å²) in [6.07, 6.45) is 0. The minimum atomic E-state index is -1.20. The summed E-state index contributed by atoms with van der Waals surface area (Å²) in [7, 11) is 0. The van der Waals surface area contributed by atoms with Crippen LogP contribution in [0.1, 0.15) is 20.7 Å². The third-order valence-corrected chi connectivity index (χ3v) is 4.29. The molecule has 0 aliphatic carbocycles. The number of hydrogen-bond acceptors (Lipinski definition) is 4. The van der Waals surface area contributed by atoms with Crippen LogP contribution in [0, 0.1) is 7.14 Å². The summed E-state index contributed by atoms with van der Waals surface area (Å²) >= 11 is 3.83. The highest BCUT2D eigenvalue weighted by atomic mass is 127. The van der Waals surface area contributed by atoms with Crippen molar-refractivity contribution in [3.63, 3.8) is 0 Å². The molecular formula is C14H8I2O5. The van der Waals surface area contributed by atoms with Crippen LogP contribution in [-0.2, 0) is 0 Å². The summed E-state index contributed by atoms with van der Waals surface area (Å²) in [5.74, 6) is -1.60. The van der Waals surface area contributed by atoms with Crippen molar-refractivity contribution in [2.75, 3.05) is 0 Å². The maximum Gasteiger partial charge on any atom is 0.344 e. The number of carboxylic acid groups (broad SMARTS) is 1. The highest BCUT2D eigenvalue weighted by Crippen LogP contribution is 2.30. The number of ether oxygens (including phenoxy) is 1. The quantitative estimate of drug-likeness (QED) is 0.376. The van der Waals surface area contributed by atoms with Gasteiger partial charge in [0.05, 0.1) is 18.3 Å². The van der Waals surface area contributed by atoms with Gasteiger partial charge in [-0.25, -0.2) is 9.59 Å². The van der Waals surface area contributed by atoms with Crippen LogP contribution in [0.2, 0.25) is 0 Å². The number of rotatable bonds is 3. The number of carbonyl (C=O) groups excluding carboxylic acids is 1. The number of benzene rings is 2. The molecule has 0 aliphatic heterocycles. The highest BCUT2D eigenvalue weighted by Gasteiger charge is 2.19. The number of phenolic OH excluding ortho intramolecular Hbond substituents is 1. The first-order valence-electron chi connectivity index (χ1n) is 5.62. The summed E-state index contributed by atoms with van der Waals surface area (Å²) < 4.78 is 6.31. The fourth-order valence-corrected chi connectivity index (χ4v) is 2.60. The van der Waals surface area contributed by atoms with E-state index in [-0.39, 0.29) is 22.6 Å². The van der Waals surface area contributed by atoms with Gasteiger partial charge in [-0.05, 0) is 69.4 Å². The van der Waals surface area contributed by atoms with E-state index in [0.29, 0.717) is 7.14 Å². The second-order valence-electron chi connectivity index (χ2n) is 3.97. The van der Waals surface area contributed by atoms with Crippen molar-refractivity contribution >= 4 is 57.1 Å². The predicted octanol–water partition coefficient (Wildman–Crippen LogP) is 3.52. The van der Waals surface area contributed by atoms with Gasteiger partial charge in [-0.3, -0.25) is 0 Å². The average molecular weight is 510 g/mol. The highest BCUT2D eigenvalue weighted by molar-refractivity contribution is 14.1. The number of esters is 1. The molecule has 0 radical (unpaired) electrons. The SMILES string of the molecule is O=C(O)c1ccccc1C(=O)Oc1cc(I)c(O)cc1I. The fourth-order valence-electron chi connectivity index (χ4n) is 1.60. The van der Waals surface area contributed by atoms with Crippen molar-refractivity contribution in [1.29, 1.82) is 0 Å². The zero-order valence-corrected chi connectivity index (χ0v) is 14.7. The van der Waals surface area contributed by atoms with Crippen LogP contribution in [0.3, 0.4) is 0 Å².